The lowest BCUT2D eigenvalue weighted by Crippen LogP contribution is -2.41. The van der Waals surface area contributed by atoms with E-state index < -0.39 is 20.5 Å². The Bertz CT molecular complexity index is 951. The highest BCUT2D eigenvalue weighted by Crippen LogP contribution is 2.38. The van der Waals surface area contributed by atoms with Crippen LogP contribution in [0.2, 0.25) is 0 Å². The lowest BCUT2D eigenvalue weighted by Gasteiger charge is -2.32. The number of Topliss-reactive ketones (excluding diaryl/α,β-unsaturated/α-hetero) is 1. The van der Waals surface area contributed by atoms with E-state index in [0.717, 1.165) is 30.4 Å². The molecule has 1 aliphatic rings. The van der Waals surface area contributed by atoms with Crippen molar-refractivity contribution in [2.24, 2.45) is 11.3 Å². The van der Waals surface area contributed by atoms with E-state index in [1.807, 2.05) is 13.8 Å². The maximum absolute atomic E-state index is 14.0. The van der Waals surface area contributed by atoms with E-state index in [1.165, 1.54) is 5.57 Å². The van der Waals surface area contributed by atoms with Crippen LogP contribution in [0.25, 0.3) is 0 Å². The van der Waals surface area contributed by atoms with Gasteiger partial charge in [-0.2, -0.15) is 0 Å². The summed E-state index contributed by atoms with van der Waals surface area (Å²) in [6, 6.07) is 8.40. The van der Waals surface area contributed by atoms with Gasteiger partial charge < -0.3 is 0 Å². The Balaban J connectivity index is 2.54. The molecule has 0 fully saturated rings. The molecule has 0 amide bonds. The van der Waals surface area contributed by atoms with Gasteiger partial charge in [-0.25, -0.2) is 8.42 Å². The SMILES string of the molecule is C=C(CCC1(C)C/C=C(\C)CC/C=C(\C)CC(S(=O)(=O)c2ccccc2)C1=O)C(C)C. The lowest BCUT2D eigenvalue weighted by atomic mass is 9.74. The molecular weight excluding hydrogens is 404 g/mol. The minimum absolute atomic E-state index is 0.174. The maximum Gasteiger partial charge on any atom is 0.188 e. The van der Waals surface area contributed by atoms with Gasteiger partial charge in [0, 0.05) is 5.41 Å². The molecule has 1 aliphatic carbocycles. The summed E-state index contributed by atoms with van der Waals surface area (Å²) in [5, 5.41) is -1.07. The number of carbonyl (C=O) groups excluding carboxylic acids is 1. The van der Waals surface area contributed by atoms with Crippen molar-refractivity contribution in [2.45, 2.75) is 83.3 Å². The van der Waals surface area contributed by atoms with Crippen molar-refractivity contribution in [1.29, 1.82) is 0 Å². The Kier molecular flexibility index (Phi) is 8.65. The molecule has 2 unspecified atom stereocenters. The molecule has 3 nitrogen and oxygen atoms in total. The van der Waals surface area contributed by atoms with E-state index >= 15 is 0 Å². The minimum Gasteiger partial charge on any atom is -0.298 e. The zero-order valence-corrected chi connectivity index (χ0v) is 20.6. The summed E-state index contributed by atoms with van der Waals surface area (Å²) in [5.41, 5.74) is 2.55. The van der Waals surface area contributed by atoms with Crippen LogP contribution in [0.1, 0.15) is 73.1 Å². The van der Waals surface area contributed by atoms with Gasteiger partial charge in [-0.3, -0.25) is 4.79 Å². The fraction of sp³-hybridized carbons (Fsp3) is 0.519. The molecule has 4 heteroatoms. The van der Waals surface area contributed by atoms with Gasteiger partial charge in [0.15, 0.2) is 15.6 Å². The molecular formula is C27H38O3S. The number of carbonyl (C=O) groups is 1. The van der Waals surface area contributed by atoms with Crippen LogP contribution in [-0.2, 0) is 14.6 Å². The van der Waals surface area contributed by atoms with E-state index in [1.54, 1.807) is 30.3 Å². The summed E-state index contributed by atoms with van der Waals surface area (Å²) in [5.74, 6) is 0.166. The van der Waals surface area contributed by atoms with Crippen molar-refractivity contribution in [3.8, 4) is 0 Å². The average Bonchev–Trinajstić information content (AvgIpc) is 2.75. The predicted octanol–water partition coefficient (Wildman–Crippen LogP) is 6.86. The molecule has 2 atom stereocenters. The Hall–Kier alpha value is -1.94. The van der Waals surface area contributed by atoms with E-state index in [-0.39, 0.29) is 17.1 Å². The molecule has 0 radical (unpaired) electrons. The van der Waals surface area contributed by atoms with Crippen molar-refractivity contribution in [3.05, 3.63) is 65.8 Å². The molecule has 1 aromatic carbocycles. The summed E-state index contributed by atoms with van der Waals surface area (Å²) in [6.45, 7) is 14.4. The third-order valence-corrected chi connectivity index (χ3v) is 8.65. The number of rotatable bonds is 6. The maximum atomic E-state index is 14.0. The van der Waals surface area contributed by atoms with Gasteiger partial charge in [0.1, 0.15) is 5.25 Å². The Morgan fingerprint density at radius 3 is 2.39 bits per heavy atom. The van der Waals surface area contributed by atoms with E-state index in [0.29, 0.717) is 18.8 Å². The standard InChI is InChI=1S/C27H38O3S/c1-20(2)23(5)16-18-27(6)17-15-21(3)11-10-12-22(4)19-25(26(27)28)31(29,30)24-13-8-7-9-14-24/h7-9,12-15,20,25H,5,10-11,16-19H2,1-4,6H3/b21-15+,22-12+. The lowest BCUT2D eigenvalue weighted by molar-refractivity contribution is -0.127. The van der Waals surface area contributed by atoms with Crippen LogP contribution in [0.5, 0.6) is 0 Å². The zero-order valence-electron chi connectivity index (χ0n) is 19.8. The summed E-state index contributed by atoms with van der Waals surface area (Å²) < 4.78 is 27.2. The normalized spacial score (nSPS) is 27.0. The van der Waals surface area contributed by atoms with Crippen molar-refractivity contribution < 1.29 is 13.2 Å². The number of allylic oxidation sites excluding steroid dienone is 5. The molecule has 0 saturated heterocycles. The van der Waals surface area contributed by atoms with Crippen molar-refractivity contribution in [1.82, 2.24) is 0 Å². The molecule has 2 rings (SSSR count). The first-order valence-electron chi connectivity index (χ1n) is 11.3. The average molecular weight is 443 g/mol. The first-order chi connectivity index (χ1) is 14.5. The van der Waals surface area contributed by atoms with Gasteiger partial charge in [0.2, 0.25) is 0 Å². The molecule has 0 N–H and O–H groups in total. The molecule has 0 aromatic heterocycles. The summed E-state index contributed by atoms with van der Waals surface area (Å²) >= 11 is 0. The highest BCUT2D eigenvalue weighted by molar-refractivity contribution is 7.92. The predicted molar refractivity (Wildman–Crippen MR) is 130 cm³/mol. The van der Waals surface area contributed by atoms with Gasteiger partial charge in [0.25, 0.3) is 0 Å². The molecule has 0 heterocycles. The monoisotopic (exact) mass is 442 g/mol. The highest BCUT2D eigenvalue weighted by atomic mass is 32.2. The second-order valence-corrected chi connectivity index (χ2v) is 11.8. The van der Waals surface area contributed by atoms with Crippen LogP contribution >= 0.6 is 0 Å². The minimum atomic E-state index is -3.80. The van der Waals surface area contributed by atoms with Crippen LogP contribution < -0.4 is 0 Å². The molecule has 31 heavy (non-hydrogen) atoms. The zero-order chi connectivity index (χ0) is 23.2. The molecule has 1 aromatic rings. The first kappa shape index (κ1) is 25.3. The largest absolute Gasteiger partial charge is 0.298 e. The quantitative estimate of drug-likeness (QED) is 0.452. The Morgan fingerprint density at radius 2 is 1.77 bits per heavy atom. The van der Waals surface area contributed by atoms with Crippen LogP contribution in [0.4, 0.5) is 0 Å². The number of hydrogen-bond acceptors (Lipinski definition) is 3. The van der Waals surface area contributed by atoms with Gasteiger partial charge in [0.05, 0.1) is 4.90 Å². The highest BCUT2D eigenvalue weighted by Gasteiger charge is 2.43. The van der Waals surface area contributed by atoms with Gasteiger partial charge >= 0.3 is 0 Å². The molecule has 0 spiro atoms. The fourth-order valence-corrected chi connectivity index (χ4v) is 5.89. The molecule has 0 bridgehead atoms. The second-order valence-electron chi connectivity index (χ2n) is 9.63. The summed E-state index contributed by atoms with van der Waals surface area (Å²) in [4.78, 5) is 14.2. The molecule has 170 valence electrons. The Morgan fingerprint density at radius 1 is 1.13 bits per heavy atom. The third kappa shape index (κ3) is 6.52. The molecule has 0 saturated carbocycles. The van der Waals surface area contributed by atoms with Crippen LogP contribution in [0.3, 0.4) is 0 Å². The van der Waals surface area contributed by atoms with E-state index in [4.69, 9.17) is 0 Å². The van der Waals surface area contributed by atoms with Gasteiger partial charge in [-0.1, -0.05) is 74.4 Å². The van der Waals surface area contributed by atoms with Crippen molar-refractivity contribution in [2.75, 3.05) is 0 Å². The number of hydrogen-bond donors (Lipinski definition) is 0. The first-order valence-corrected chi connectivity index (χ1v) is 12.8. The van der Waals surface area contributed by atoms with Crippen molar-refractivity contribution >= 4 is 15.6 Å². The van der Waals surface area contributed by atoms with Crippen LogP contribution in [0.15, 0.2) is 70.7 Å². The fourth-order valence-electron chi connectivity index (χ4n) is 3.98. The second kappa shape index (κ2) is 10.6. The topological polar surface area (TPSA) is 51.2 Å². The van der Waals surface area contributed by atoms with Crippen LogP contribution in [0, 0.1) is 11.3 Å². The van der Waals surface area contributed by atoms with Crippen LogP contribution in [-0.4, -0.2) is 19.5 Å². The summed E-state index contributed by atoms with van der Waals surface area (Å²) in [6.07, 6.45) is 8.14. The van der Waals surface area contributed by atoms with Crippen molar-refractivity contribution in [3.63, 3.8) is 0 Å². The number of benzene rings is 1. The number of ketones is 1. The summed E-state index contributed by atoms with van der Waals surface area (Å²) in [7, 11) is -3.80. The van der Waals surface area contributed by atoms with E-state index in [9.17, 15) is 13.2 Å². The van der Waals surface area contributed by atoms with Gasteiger partial charge in [-0.05, 0) is 70.4 Å². The molecule has 0 aliphatic heterocycles. The van der Waals surface area contributed by atoms with E-state index in [2.05, 4.69) is 39.5 Å². The number of sulfone groups is 1. The smallest absolute Gasteiger partial charge is 0.188 e. The Labute approximate surface area is 189 Å². The third-order valence-electron chi connectivity index (χ3n) is 6.59. The van der Waals surface area contributed by atoms with Gasteiger partial charge in [-0.15, -0.1) is 0 Å².